The van der Waals surface area contributed by atoms with Crippen LogP contribution >= 0.6 is 11.5 Å². The Balaban J connectivity index is 2.19. The molecule has 0 fully saturated rings. The summed E-state index contributed by atoms with van der Waals surface area (Å²) in [6.45, 7) is 6.05. The zero-order valence-corrected chi connectivity index (χ0v) is 11.2. The van der Waals surface area contributed by atoms with Gasteiger partial charge in [-0.25, -0.2) is 4.39 Å². The first kappa shape index (κ1) is 12.8. The van der Waals surface area contributed by atoms with Gasteiger partial charge in [0.2, 0.25) is 0 Å². The maximum Gasteiger partial charge on any atom is 0.298 e. The summed E-state index contributed by atoms with van der Waals surface area (Å²) in [5.74, 6) is 0.560. The van der Waals surface area contributed by atoms with E-state index in [-0.39, 0.29) is 11.1 Å². The molecule has 0 aliphatic rings. The van der Waals surface area contributed by atoms with E-state index in [2.05, 4.69) is 9.36 Å². The molecule has 4 nitrogen and oxygen atoms in total. The van der Waals surface area contributed by atoms with Gasteiger partial charge in [0, 0.05) is 23.0 Å². The molecule has 0 atom stereocenters. The van der Waals surface area contributed by atoms with E-state index in [0.29, 0.717) is 16.8 Å². The maximum absolute atomic E-state index is 13.2. The van der Waals surface area contributed by atoms with Crippen molar-refractivity contribution in [2.24, 2.45) is 0 Å². The highest BCUT2D eigenvalue weighted by atomic mass is 32.1. The zero-order valence-electron chi connectivity index (χ0n) is 10.4. The second-order valence-electron chi connectivity index (χ2n) is 4.92. The molecule has 0 aliphatic heterocycles. The molecule has 2 N–H and O–H groups in total. The number of rotatable bonds is 2. The highest BCUT2D eigenvalue weighted by Gasteiger charge is 2.20. The van der Waals surface area contributed by atoms with E-state index in [1.165, 1.54) is 12.1 Å². The average molecular weight is 267 g/mol. The van der Waals surface area contributed by atoms with E-state index in [1.54, 1.807) is 6.07 Å². The minimum absolute atomic E-state index is 0.0926. The number of benzene rings is 1. The van der Waals surface area contributed by atoms with Gasteiger partial charge >= 0.3 is 0 Å². The van der Waals surface area contributed by atoms with Crippen LogP contribution in [0, 0.1) is 5.82 Å². The fraction of sp³-hybridized carbons (Fsp3) is 0.333. The largest absolute Gasteiger partial charge is 0.430 e. The zero-order chi connectivity index (χ0) is 13.3. The highest BCUT2D eigenvalue weighted by Crippen LogP contribution is 2.28. The van der Waals surface area contributed by atoms with Crippen LogP contribution < -0.4 is 10.5 Å². The van der Waals surface area contributed by atoms with Crippen molar-refractivity contribution in [3.8, 4) is 10.9 Å². The third-order valence-corrected chi connectivity index (χ3v) is 2.85. The van der Waals surface area contributed by atoms with Crippen LogP contribution in [0.25, 0.3) is 0 Å². The summed E-state index contributed by atoms with van der Waals surface area (Å²) >= 11 is 1.14. The van der Waals surface area contributed by atoms with Crippen molar-refractivity contribution in [2.75, 3.05) is 5.73 Å². The smallest absolute Gasteiger partial charge is 0.298 e. The van der Waals surface area contributed by atoms with Crippen molar-refractivity contribution in [1.29, 1.82) is 0 Å². The number of hydrogen-bond donors (Lipinski definition) is 1. The topological polar surface area (TPSA) is 61.0 Å². The van der Waals surface area contributed by atoms with Gasteiger partial charge in [0.15, 0.2) is 5.82 Å². The number of hydrogen-bond acceptors (Lipinski definition) is 5. The molecule has 0 bridgehead atoms. The van der Waals surface area contributed by atoms with Crippen molar-refractivity contribution >= 4 is 17.2 Å². The normalized spacial score (nSPS) is 11.6. The SMILES string of the molecule is CC(C)(C)c1nsc(Oc2ccc(N)c(F)c2)n1. The first-order valence-corrected chi connectivity index (χ1v) is 6.20. The van der Waals surface area contributed by atoms with Gasteiger partial charge in [0.25, 0.3) is 5.19 Å². The Morgan fingerprint density at radius 3 is 2.61 bits per heavy atom. The molecule has 1 aromatic heterocycles. The Bertz CT molecular complexity index is 563. The minimum Gasteiger partial charge on any atom is -0.430 e. The van der Waals surface area contributed by atoms with E-state index < -0.39 is 5.82 Å². The molecule has 0 amide bonds. The molecule has 6 heteroatoms. The monoisotopic (exact) mass is 267 g/mol. The van der Waals surface area contributed by atoms with Gasteiger partial charge in [-0.3, -0.25) is 0 Å². The van der Waals surface area contributed by atoms with Crippen molar-refractivity contribution in [1.82, 2.24) is 9.36 Å². The van der Waals surface area contributed by atoms with Gasteiger partial charge in [-0.2, -0.15) is 9.36 Å². The van der Waals surface area contributed by atoms with Crippen LogP contribution in [0.15, 0.2) is 18.2 Å². The molecule has 0 saturated heterocycles. The van der Waals surface area contributed by atoms with E-state index in [1.807, 2.05) is 20.8 Å². The summed E-state index contributed by atoms with van der Waals surface area (Å²) in [6, 6.07) is 4.28. The number of ether oxygens (including phenoxy) is 1. The van der Waals surface area contributed by atoms with Crippen LogP contribution in [0.5, 0.6) is 10.9 Å². The molecule has 0 spiro atoms. The second-order valence-corrected chi connectivity index (χ2v) is 5.63. The fourth-order valence-electron chi connectivity index (χ4n) is 1.23. The molecule has 0 aliphatic carbocycles. The van der Waals surface area contributed by atoms with Crippen molar-refractivity contribution in [2.45, 2.75) is 26.2 Å². The predicted molar refractivity (Wildman–Crippen MR) is 69.5 cm³/mol. The van der Waals surface area contributed by atoms with E-state index >= 15 is 0 Å². The van der Waals surface area contributed by atoms with E-state index in [9.17, 15) is 4.39 Å². The Kier molecular flexibility index (Phi) is 3.21. The molecule has 2 aromatic rings. The Hall–Kier alpha value is -1.69. The highest BCUT2D eigenvalue weighted by molar-refractivity contribution is 7.07. The molecule has 2 rings (SSSR count). The lowest BCUT2D eigenvalue weighted by Gasteiger charge is -2.12. The summed E-state index contributed by atoms with van der Waals surface area (Å²) < 4.78 is 22.9. The molecule has 0 radical (unpaired) electrons. The first-order chi connectivity index (χ1) is 8.36. The van der Waals surface area contributed by atoms with Crippen LogP contribution in [0.4, 0.5) is 10.1 Å². The standard InChI is InChI=1S/C12H14FN3OS/c1-12(2,3)10-15-11(18-16-10)17-7-4-5-9(14)8(13)6-7/h4-6H,14H2,1-3H3. The van der Waals surface area contributed by atoms with Gasteiger partial charge in [-0.15, -0.1) is 0 Å². The number of halogens is 1. The minimum atomic E-state index is -0.506. The van der Waals surface area contributed by atoms with Crippen molar-refractivity contribution < 1.29 is 9.13 Å². The molecular formula is C12H14FN3OS. The number of nitrogen functional groups attached to an aromatic ring is 1. The van der Waals surface area contributed by atoms with Crippen LogP contribution in [0.2, 0.25) is 0 Å². The Labute approximate surface area is 109 Å². The number of aromatic nitrogens is 2. The lowest BCUT2D eigenvalue weighted by molar-refractivity contribution is 0.464. The summed E-state index contributed by atoms with van der Waals surface area (Å²) in [6.07, 6.45) is 0. The van der Waals surface area contributed by atoms with E-state index in [4.69, 9.17) is 10.5 Å². The molecule has 96 valence electrons. The van der Waals surface area contributed by atoms with Gasteiger partial charge in [-0.1, -0.05) is 20.8 Å². The van der Waals surface area contributed by atoms with Gasteiger partial charge in [0.1, 0.15) is 11.6 Å². The van der Waals surface area contributed by atoms with Crippen molar-refractivity contribution in [3.63, 3.8) is 0 Å². The summed E-state index contributed by atoms with van der Waals surface area (Å²) in [4.78, 5) is 4.26. The maximum atomic E-state index is 13.2. The second kappa shape index (κ2) is 4.53. The Morgan fingerprint density at radius 1 is 1.33 bits per heavy atom. The lowest BCUT2D eigenvalue weighted by atomic mass is 9.96. The van der Waals surface area contributed by atoms with Gasteiger partial charge in [-0.05, 0) is 12.1 Å². The summed E-state index contributed by atoms with van der Waals surface area (Å²) in [5, 5.41) is 0.393. The van der Waals surface area contributed by atoms with Crippen LogP contribution in [0.3, 0.4) is 0 Å². The average Bonchev–Trinajstić information content (AvgIpc) is 2.72. The fourth-order valence-corrected chi connectivity index (χ4v) is 1.97. The van der Waals surface area contributed by atoms with Gasteiger partial charge < -0.3 is 10.5 Å². The van der Waals surface area contributed by atoms with Crippen LogP contribution in [-0.2, 0) is 5.41 Å². The third kappa shape index (κ3) is 2.76. The lowest BCUT2D eigenvalue weighted by Crippen LogP contribution is -2.12. The Morgan fingerprint density at radius 2 is 2.06 bits per heavy atom. The molecular weight excluding hydrogens is 253 g/mol. The molecule has 0 unspecified atom stereocenters. The van der Waals surface area contributed by atoms with Gasteiger partial charge in [0.05, 0.1) is 5.69 Å². The number of anilines is 1. The third-order valence-electron chi connectivity index (χ3n) is 2.26. The number of nitrogens with two attached hydrogens (primary N) is 1. The summed E-state index contributed by atoms with van der Waals surface area (Å²) in [7, 11) is 0. The molecule has 0 saturated carbocycles. The van der Waals surface area contributed by atoms with Crippen molar-refractivity contribution in [3.05, 3.63) is 29.8 Å². The number of nitrogens with zero attached hydrogens (tertiary/aromatic N) is 2. The van der Waals surface area contributed by atoms with Crippen LogP contribution in [-0.4, -0.2) is 9.36 Å². The quantitative estimate of drug-likeness (QED) is 0.848. The molecule has 1 heterocycles. The first-order valence-electron chi connectivity index (χ1n) is 5.43. The van der Waals surface area contributed by atoms with Crippen LogP contribution in [0.1, 0.15) is 26.6 Å². The molecule has 1 aromatic carbocycles. The van der Waals surface area contributed by atoms with E-state index in [0.717, 1.165) is 11.5 Å². The molecule has 18 heavy (non-hydrogen) atoms. The predicted octanol–water partition coefficient (Wildman–Crippen LogP) is 3.35. The summed E-state index contributed by atoms with van der Waals surface area (Å²) in [5.41, 5.74) is 5.35.